The van der Waals surface area contributed by atoms with E-state index in [1.165, 1.54) is 0 Å². The molecule has 0 saturated carbocycles. The van der Waals surface area contributed by atoms with Crippen molar-refractivity contribution in [3.8, 4) is 0 Å². The topological polar surface area (TPSA) is 43.1 Å². The highest BCUT2D eigenvalue weighted by atomic mass is 16.4. The molecule has 2 aromatic heterocycles. The lowest BCUT2D eigenvalue weighted by atomic mass is 9.99. The number of rotatable bonds is 2. The Morgan fingerprint density at radius 2 is 2.29 bits per heavy atom. The van der Waals surface area contributed by atoms with Crippen molar-refractivity contribution in [1.29, 1.82) is 0 Å². The van der Waals surface area contributed by atoms with Crippen molar-refractivity contribution in [3.05, 3.63) is 46.0 Å². The Hall–Kier alpha value is -1.90. The molecule has 2 heterocycles. The Labute approximate surface area is 99.8 Å². The largest absolute Gasteiger partial charge is 0.403 e. The van der Waals surface area contributed by atoms with Gasteiger partial charge in [0.1, 0.15) is 0 Å². The van der Waals surface area contributed by atoms with E-state index >= 15 is 0 Å². The smallest absolute Gasteiger partial charge is 0.341 e. The van der Waals surface area contributed by atoms with Crippen molar-refractivity contribution in [2.24, 2.45) is 0 Å². The van der Waals surface area contributed by atoms with Crippen molar-refractivity contribution in [2.45, 2.75) is 27.2 Å². The fraction of sp³-hybridized carbons (Fsp3) is 0.286. The summed E-state index contributed by atoms with van der Waals surface area (Å²) in [6, 6.07) is 3.78. The van der Waals surface area contributed by atoms with E-state index in [-0.39, 0.29) is 5.63 Å². The van der Waals surface area contributed by atoms with Crippen LogP contribution in [0.25, 0.3) is 16.7 Å². The lowest BCUT2D eigenvalue weighted by Crippen LogP contribution is -2.07. The van der Waals surface area contributed by atoms with Crippen molar-refractivity contribution in [1.82, 2.24) is 4.98 Å². The van der Waals surface area contributed by atoms with E-state index in [0.29, 0.717) is 11.3 Å². The Kier molecular flexibility index (Phi) is 3.09. The summed E-state index contributed by atoms with van der Waals surface area (Å²) in [5.74, 6) is 0. The van der Waals surface area contributed by atoms with Crippen molar-refractivity contribution >= 4 is 16.7 Å². The van der Waals surface area contributed by atoms with E-state index in [1.807, 2.05) is 19.1 Å². The van der Waals surface area contributed by atoms with Crippen LogP contribution in [0.1, 0.15) is 31.4 Å². The standard InChI is InChI=1S/C14H15NO2/c1-4-6-9(2)12-10(3)14(16)17-13-11(12)7-5-8-15-13/h5-8H,4H2,1-3H3/b9-6+. The molecule has 0 aliphatic carbocycles. The first-order valence-electron chi connectivity index (χ1n) is 5.70. The summed E-state index contributed by atoms with van der Waals surface area (Å²) in [6.07, 6.45) is 4.67. The third kappa shape index (κ3) is 2.00. The predicted octanol–water partition coefficient (Wildman–Crippen LogP) is 3.31. The Morgan fingerprint density at radius 1 is 1.53 bits per heavy atom. The highest BCUT2D eigenvalue weighted by Crippen LogP contribution is 2.25. The van der Waals surface area contributed by atoms with Crippen LogP contribution < -0.4 is 5.63 Å². The monoisotopic (exact) mass is 229 g/mol. The number of hydrogen-bond acceptors (Lipinski definition) is 3. The van der Waals surface area contributed by atoms with Gasteiger partial charge in [-0.25, -0.2) is 9.78 Å². The first-order valence-corrected chi connectivity index (χ1v) is 5.70. The second-order valence-electron chi connectivity index (χ2n) is 4.04. The average Bonchev–Trinajstić information content (AvgIpc) is 2.31. The maximum Gasteiger partial charge on any atom is 0.341 e. The van der Waals surface area contributed by atoms with Gasteiger partial charge in [0.25, 0.3) is 0 Å². The minimum absolute atomic E-state index is 0.310. The molecule has 3 nitrogen and oxygen atoms in total. The minimum Gasteiger partial charge on any atom is -0.403 e. The van der Waals surface area contributed by atoms with Gasteiger partial charge in [0.05, 0.1) is 0 Å². The van der Waals surface area contributed by atoms with Gasteiger partial charge >= 0.3 is 5.63 Å². The zero-order chi connectivity index (χ0) is 12.4. The molecule has 0 bridgehead atoms. The number of allylic oxidation sites excluding steroid dienone is 2. The molecule has 0 fully saturated rings. The van der Waals surface area contributed by atoms with Crippen LogP contribution in [0.15, 0.2) is 33.6 Å². The lowest BCUT2D eigenvalue weighted by Gasteiger charge is -2.08. The molecule has 0 spiro atoms. The van der Waals surface area contributed by atoms with Gasteiger partial charge in [0.2, 0.25) is 5.71 Å². The number of pyridine rings is 1. The third-order valence-corrected chi connectivity index (χ3v) is 2.82. The number of nitrogens with zero attached hydrogens (tertiary/aromatic N) is 1. The van der Waals surface area contributed by atoms with Crippen LogP contribution >= 0.6 is 0 Å². The molecule has 0 atom stereocenters. The molecule has 17 heavy (non-hydrogen) atoms. The summed E-state index contributed by atoms with van der Waals surface area (Å²) in [5.41, 5.74) is 2.78. The van der Waals surface area contributed by atoms with Crippen molar-refractivity contribution < 1.29 is 4.42 Å². The summed E-state index contributed by atoms with van der Waals surface area (Å²) in [6.45, 7) is 5.88. The zero-order valence-corrected chi connectivity index (χ0v) is 10.3. The fourth-order valence-electron chi connectivity index (χ4n) is 2.05. The second-order valence-corrected chi connectivity index (χ2v) is 4.04. The van der Waals surface area contributed by atoms with Gasteiger partial charge in [0, 0.05) is 17.1 Å². The maximum atomic E-state index is 11.7. The van der Waals surface area contributed by atoms with Crippen LogP contribution in [0.2, 0.25) is 0 Å². The summed E-state index contributed by atoms with van der Waals surface area (Å²) >= 11 is 0. The van der Waals surface area contributed by atoms with Crippen LogP contribution in [0.4, 0.5) is 0 Å². The molecule has 3 heteroatoms. The first-order chi connectivity index (χ1) is 8.15. The summed E-state index contributed by atoms with van der Waals surface area (Å²) < 4.78 is 5.17. The van der Waals surface area contributed by atoms with Crippen LogP contribution in [-0.2, 0) is 0 Å². The Balaban J connectivity index is 2.88. The van der Waals surface area contributed by atoms with Crippen LogP contribution in [0.5, 0.6) is 0 Å². The molecule has 0 unspecified atom stereocenters. The second kappa shape index (κ2) is 4.53. The first kappa shape index (κ1) is 11.6. The van der Waals surface area contributed by atoms with Gasteiger partial charge in [-0.1, -0.05) is 13.0 Å². The SMILES string of the molecule is CC/C=C(\C)c1c(C)c(=O)oc2ncccc12. The molecule has 0 amide bonds. The van der Waals surface area contributed by atoms with Gasteiger partial charge in [-0.05, 0) is 43.5 Å². The molecular weight excluding hydrogens is 214 g/mol. The molecule has 0 aromatic carbocycles. The fourth-order valence-corrected chi connectivity index (χ4v) is 2.05. The molecule has 0 N–H and O–H groups in total. The van der Waals surface area contributed by atoms with E-state index in [1.54, 1.807) is 13.1 Å². The third-order valence-electron chi connectivity index (χ3n) is 2.82. The van der Waals surface area contributed by atoms with E-state index in [0.717, 1.165) is 22.9 Å². The quantitative estimate of drug-likeness (QED) is 0.793. The Morgan fingerprint density at radius 3 is 3.00 bits per heavy atom. The highest BCUT2D eigenvalue weighted by molar-refractivity contribution is 5.89. The molecule has 2 aromatic rings. The highest BCUT2D eigenvalue weighted by Gasteiger charge is 2.12. The summed E-state index contributed by atoms with van der Waals surface area (Å²) in [4.78, 5) is 15.8. The van der Waals surface area contributed by atoms with Crippen LogP contribution in [0, 0.1) is 6.92 Å². The Bertz CT molecular complexity index is 638. The normalized spacial score (nSPS) is 12.1. The van der Waals surface area contributed by atoms with E-state index in [9.17, 15) is 4.79 Å². The molecule has 0 radical (unpaired) electrons. The van der Waals surface area contributed by atoms with Crippen LogP contribution in [0.3, 0.4) is 0 Å². The van der Waals surface area contributed by atoms with E-state index in [2.05, 4.69) is 18.0 Å². The van der Waals surface area contributed by atoms with E-state index < -0.39 is 0 Å². The van der Waals surface area contributed by atoms with Gasteiger partial charge in [-0.3, -0.25) is 0 Å². The molecule has 2 rings (SSSR count). The van der Waals surface area contributed by atoms with E-state index in [4.69, 9.17) is 4.42 Å². The van der Waals surface area contributed by atoms with Gasteiger partial charge in [-0.15, -0.1) is 0 Å². The van der Waals surface area contributed by atoms with Crippen molar-refractivity contribution in [3.63, 3.8) is 0 Å². The van der Waals surface area contributed by atoms with Gasteiger partial charge < -0.3 is 4.42 Å². The number of hydrogen-bond donors (Lipinski definition) is 0. The molecule has 0 aliphatic heterocycles. The predicted molar refractivity (Wildman–Crippen MR) is 69.0 cm³/mol. The maximum absolute atomic E-state index is 11.7. The summed E-state index contributed by atoms with van der Waals surface area (Å²) in [7, 11) is 0. The van der Waals surface area contributed by atoms with Gasteiger partial charge in [-0.2, -0.15) is 0 Å². The van der Waals surface area contributed by atoms with Gasteiger partial charge in [0.15, 0.2) is 0 Å². The summed E-state index contributed by atoms with van der Waals surface area (Å²) in [5, 5.41) is 0.895. The molecular formula is C14H15NO2. The number of fused-ring (bicyclic) bond motifs is 1. The number of aromatic nitrogens is 1. The molecule has 0 aliphatic rings. The van der Waals surface area contributed by atoms with Crippen LogP contribution in [-0.4, -0.2) is 4.98 Å². The van der Waals surface area contributed by atoms with Crippen molar-refractivity contribution in [2.75, 3.05) is 0 Å². The minimum atomic E-state index is -0.310. The molecule has 0 saturated heterocycles. The lowest BCUT2D eigenvalue weighted by molar-refractivity contribution is 0.543. The molecule has 88 valence electrons. The average molecular weight is 229 g/mol. The zero-order valence-electron chi connectivity index (χ0n) is 10.3.